The van der Waals surface area contributed by atoms with Crippen molar-refractivity contribution in [3.8, 4) is 0 Å². The molecule has 182 valence electrons. The van der Waals surface area contributed by atoms with Gasteiger partial charge in [0.15, 0.2) is 0 Å². The lowest BCUT2D eigenvalue weighted by atomic mass is 10.2. The molecule has 0 aromatic carbocycles. The Labute approximate surface area is 177 Å². The van der Waals surface area contributed by atoms with Crippen molar-refractivity contribution in [2.45, 2.75) is 117 Å². The van der Waals surface area contributed by atoms with E-state index in [1.165, 1.54) is 55.4 Å². The van der Waals surface area contributed by atoms with Crippen LogP contribution in [0, 0.1) is 0 Å². The molecular weight excluding hydrogens is 450 g/mol. The molecule has 0 bridgehead atoms. The molecule has 0 spiro atoms. The lowest BCUT2D eigenvalue weighted by Crippen LogP contribution is -2.25. The second kappa shape index (κ2) is 11.8. The number of hydrogen-bond donors (Lipinski definition) is 0. The summed E-state index contributed by atoms with van der Waals surface area (Å²) in [6.07, 6.45) is -5.93. The number of rotatable bonds is 15. The molecule has 0 rings (SSSR count). The van der Waals surface area contributed by atoms with Gasteiger partial charge in [0.25, 0.3) is 0 Å². The Hall–Kier alpha value is 0.0200. The zero-order chi connectivity index (χ0) is 24.0. The van der Waals surface area contributed by atoms with Gasteiger partial charge >= 0.3 is 26.5 Å². The Balaban J connectivity index is 5.18. The van der Waals surface area contributed by atoms with E-state index in [4.69, 9.17) is 18.1 Å². The number of alkyl halides is 4. The highest BCUT2D eigenvalue weighted by Gasteiger charge is 2.56. The van der Waals surface area contributed by atoms with Gasteiger partial charge in [-0.15, -0.1) is 0 Å². The van der Waals surface area contributed by atoms with E-state index in [1.807, 2.05) is 0 Å². The third-order valence-electron chi connectivity index (χ3n) is 3.40. The van der Waals surface area contributed by atoms with Crippen LogP contribution in [0.15, 0.2) is 0 Å². The first-order valence-corrected chi connectivity index (χ1v) is 13.2. The smallest absolute Gasteiger partial charge is 0.302 e. The fourth-order valence-corrected chi connectivity index (χ4v) is 6.22. The van der Waals surface area contributed by atoms with Crippen molar-refractivity contribution in [1.82, 2.24) is 0 Å². The summed E-state index contributed by atoms with van der Waals surface area (Å²) in [7, 11) is -9.62. The van der Waals surface area contributed by atoms with Crippen molar-refractivity contribution in [3.05, 3.63) is 0 Å². The number of halogens is 4. The van der Waals surface area contributed by atoms with Gasteiger partial charge in [-0.2, -0.15) is 17.6 Å². The van der Waals surface area contributed by atoms with E-state index < -0.39 is 76.6 Å². The average Bonchev–Trinajstić information content (AvgIpc) is 2.47. The zero-order valence-corrected chi connectivity index (χ0v) is 20.8. The van der Waals surface area contributed by atoms with Gasteiger partial charge in [-0.25, -0.2) is 0 Å². The molecule has 0 aliphatic heterocycles. The van der Waals surface area contributed by atoms with Crippen LogP contribution in [-0.2, 0) is 27.2 Å². The lowest BCUT2D eigenvalue weighted by molar-refractivity contribution is 0.00238. The normalized spacial score (nSPS) is 14.5. The SMILES string of the molecule is CC(C)OP(=O)(OC(C)C)C(F)(F)CCCCC(F)(F)P(=O)(OC(C)C)OC(C)C. The summed E-state index contributed by atoms with van der Waals surface area (Å²) >= 11 is 0. The minimum atomic E-state index is -4.81. The molecule has 30 heavy (non-hydrogen) atoms. The highest BCUT2D eigenvalue weighted by atomic mass is 31.2. The quantitative estimate of drug-likeness (QED) is 0.134. The van der Waals surface area contributed by atoms with E-state index in [-0.39, 0.29) is 0 Å². The molecule has 12 heteroatoms. The van der Waals surface area contributed by atoms with E-state index in [2.05, 4.69) is 0 Å². The molecule has 0 atom stereocenters. The number of unbranched alkanes of at least 4 members (excludes halogenated alkanes) is 1. The maximum atomic E-state index is 14.6. The summed E-state index contributed by atoms with van der Waals surface area (Å²) in [6.45, 7) is 11.5. The fraction of sp³-hybridized carbons (Fsp3) is 1.00. The third-order valence-corrected chi connectivity index (χ3v) is 8.25. The third kappa shape index (κ3) is 9.25. The summed E-state index contributed by atoms with van der Waals surface area (Å²) in [6, 6.07) is 0. The molecule has 0 unspecified atom stereocenters. The fourth-order valence-electron chi connectivity index (χ4n) is 2.42. The molecule has 0 heterocycles. The molecule has 0 N–H and O–H groups in total. The van der Waals surface area contributed by atoms with Crippen LogP contribution in [0.1, 0.15) is 81.1 Å². The second-order valence-corrected chi connectivity index (χ2v) is 12.3. The molecule has 6 nitrogen and oxygen atoms in total. The zero-order valence-electron chi connectivity index (χ0n) is 19.0. The minimum absolute atomic E-state index is 0.418. The van der Waals surface area contributed by atoms with Crippen molar-refractivity contribution in [3.63, 3.8) is 0 Å². The first-order chi connectivity index (χ1) is 13.4. The summed E-state index contributed by atoms with van der Waals surface area (Å²) in [5.74, 6) is 0. The Morgan fingerprint density at radius 2 is 0.767 bits per heavy atom. The van der Waals surface area contributed by atoms with E-state index in [0.29, 0.717) is 0 Å². The molecule has 0 aromatic heterocycles. The van der Waals surface area contributed by atoms with Crippen molar-refractivity contribution < 1.29 is 44.8 Å². The molecule has 0 aliphatic rings. The van der Waals surface area contributed by atoms with Gasteiger partial charge in [-0.1, -0.05) is 0 Å². The van der Waals surface area contributed by atoms with E-state index in [1.54, 1.807) is 0 Å². The van der Waals surface area contributed by atoms with Gasteiger partial charge in [0.1, 0.15) is 0 Å². The van der Waals surface area contributed by atoms with Crippen molar-refractivity contribution in [2.75, 3.05) is 0 Å². The first-order valence-electron chi connectivity index (χ1n) is 10.1. The van der Waals surface area contributed by atoms with Gasteiger partial charge < -0.3 is 18.1 Å². The monoisotopic (exact) mass is 486 g/mol. The number of hydrogen-bond acceptors (Lipinski definition) is 6. The molecular formula is C18H36F4O6P2. The maximum absolute atomic E-state index is 14.6. The first kappa shape index (κ1) is 30.0. The van der Waals surface area contributed by atoms with Gasteiger partial charge in [-0.05, 0) is 68.2 Å². The molecule has 0 radical (unpaired) electrons. The predicted octanol–water partition coefficient (Wildman–Crippen LogP) is 7.82. The topological polar surface area (TPSA) is 71.1 Å². The van der Waals surface area contributed by atoms with E-state index >= 15 is 0 Å². The van der Waals surface area contributed by atoms with Crippen LogP contribution in [0.5, 0.6) is 0 Å². The van der Waals surface area contributed by atoms with Crippen LogP contribution in [0.25, 0.3) is 0 Å². The van der Waals surface area contributed by atoms with E-state index in [9.17, 15) is 26.7 Å². The lowest BCUT2D eigenvalue weighted by Gasteiger charge is -2.30. The van der Waals surface area contributed by atoms with Gasteiger partial charge in [0, 0.05) is 12.8 Å². The summed E-state index contributed by atoms with van der Waals surface area (Å²) < 4.78 is 103. The van der Waals surface area contributed by atoms with Gasteiger partial charge in [0.2, 0.25) is 0 Å². The summed E-state index contributed by atoms with van der Waals surface area (Å²) in [5, 5.41) is 0. The standard InChI is InChI=1S/C18H36F4O6P2/c1-13(2)25-29(23,26-14(3)4)17(19,20)11-9-10-12-18(21,22)30(24,27-15(5)6)28-16(7)8/h13-16H,9-12H2,1-8H3. The van der Waals surface area contributed by atoms with Crippen molar-refractivity contribution in [1.29, 1.82) is 0 Å². The van der Waals surface area contributed by atoms with Crippen LogP contribution in [0.3, 0.4) is 0 Å². The van der Waals surface area contributed by atoms with Crippen LogP contribution >= 0.6 is 15.2 Å². The highest BCUT2D eigenvalue weighted by Crippen LogP contribution is 2.66. The van der Waals surface area contributed by atoms with Crippen LogP contribution in [0.4, 0.5) is 17.6 Å². The highest BCUT2D eigenvalue weighted by molar-refractivity contribution is 7.55. The van der Waals surface area contributed by atoms with Crippen LogP contribution < -0.4 is 0 Å². The Bertz CT molecular complexity index is 531. The van der Waals surface area contributed by atoms with Gasteiger partial charge in [-0.3, -0.25) is 9.13 Å². The molecule has 0 saturated carbocycles. The molecule has 0 fully saturated rings. The molecule has 0 aromatic rings. The Kier molecular flexibility index (Phi) is 11.8. The van der Waals surface area contributed by atoms with Crippen molar-refractivity contribution in [2.24, 2.45) is 0 Å². The van der Waals surface area contributed by atoms with Crippen LogP contribution in [-0.4, -0.2) is 35.7 Å². The Morgan fingerprint density at radius 1 is 0.567 bits per heavy atom. The second-order valence-electron chi connectivity index (χ2n) is 8.15. The molecule has 0 amide bonds. The predicted molar refractivity (Wildman–Crippen MR) is 108 cm³/mol. The molecule has 0 saturated heterocycles. The largest absolute Gasteiger partial charge is 0.400 e. The maximum Gasteiger partial charge on any atom is 0.400 e. The minimum Gasteiger partial charge on any atom is -0.302 e. The van der Waals surface area contributed by atoms with Gasteiger partial charge in [0.05, 0.1) is 24.4 Å². The molecule has 0 aliphatic carbocycles. The summed E-state index contributed by atoms with van der Waals surface area (Å²) in [5.41, 5.74) is -7.72. The average molecular weight is 486 g/mol. The van der Waals surface area contributed by atoms with Crippen molar-refractivity contribution >= 4 is 15.2 Å². The Morgan fingerprint density at radius 3 is 0.933 bits per heavy atom. The van der Waals surface area contributed by atoms with Crippen LogP contribution in [0.2, 0.25) is 0 Å². The van der Waals surface area contributed by atoms with E-state index in [0.717, 1.165) is 0 Å². The summed E-state index contributed by atoms with van der Waals surface area (Å²) in [4.78, 5) is 0.